The number of ether oxygens (including phenoxy) is 1. The van der Waals surface area contributed by atoms with Crippen LogP contribution in [0.3, 0.4) is 0 Å². The van der Waals surface area contributed by atoms with E-state index in [1.807, 2.05) is 6.92 Å². The Morgan fingerprint density at radius 1 is 1.56 bits per heavy atom. The minimum Gasteiger partial charge on any atom is -0.464 e. The van der Waals surface area contributed by atoms with Crippen molar-refractivity contribution >= 4 is 11.7 Å². The summed E-state index contributed by atoms with van der Waals surface area (Å²) >= 11 is 0. The minimum atomic E-state index is -0.609. The molecule has 1 aromatic rings. The Bertz CT molecular complexity index is 455. The average Bonchev–Trinajstić information content (AvgIpc) is 2.36. The van der Waals surface area contributed by atoms with Gasteiger partial charge in [-0.25, -0.2) is 4.39 Å². The third-order valence-corrected chi connectivity index (χ3v) is 2.31. The van der Waals surface area contributed by atoms with Crippen molar-refractivity contribution in [2.45, 2.75) is 19.8 Å². The molecule has 18 heavy (non-hydrogen) atoms. The lowest BCUT2D eigenvalue weighted by molar-refractivity contribution is -0.141. The summed E-state index contributed by atoms with van der Waals surface area (Å²) < 4.78 is 18.2. The van der Waals surface area contributed by atoms with E-state index in [1.54, 1.807) is 12.1 Å². The molecule has 0 saturated heterocycles. The monoisotopic (exact) mass is 250 g/mol. The minimum absolute atomic E-state index is 0.0815. The van der Waals surface area contributed by atoms with E-state index < -0.39 is 11.8 Å². The van der Waals surface area contributed by atoms with E-state index in [-0.39, 0.29) is 12.1 Å². The Hall–Kier alpha value is -2.09. The van der Waals surface area contributed by atoms with Crippen molar-refractivity contribution in [1.29, 1.82) is 5.26 Å². The van der Waals surface area contributed by atoms with E-state index in [9.17, 15) is 9.18 Å². The van der Waals surface area contributed by atoms with Crippen LogP contribution in [0.5, 0.6) is 0 Å². The van der Waals surface area contributed by atoms with Gasteiger partial charge < -0.3 is 10.1 Å². The zero-order chi connectivity index (χ0) is 13.4. The lowest BCUT2D eigenvalue weighted by Gasteiger charge is -2.08. The molecule has 1 N–H and O–H groups in total. The number of unbranched alkanes of at least 4 members (excludes halogenated alkanes) is 1. The van der Waals surface area contributed by atoms with E-state index in [4.69, 9.17) is 10.00 Å². The largest absolute Gasteiger partial charge is 0.464 e. The number of nitriles is 1. The molecular weight excluding hydrogens is 235 g/mol. The lowest BCUT2D eigenvalue weighted by Crippen LogP contribution is -2.18. The lowest BCUT2D eigenvalue weighted by atomic mass is 10.2. The maximum Gasteiger partial charge on any atom is 0.325 e. The Labute approximate surface area is 105 Å². The number of hydrogen-bond donors (Lipinski definition) is 1. The van der Waals surface area contributed by atoms with Crippen molar-refractivity contribution in [2.24, 2.45) is 0 Å². The first-order valence-electron chi connectivity index (χ1n) is 5.77. The molecule has 0 atom stereocenters. The standard InChI is InChI=1S/C13H15FN2O2/c1-2-3-7-18-13(17)9-16-12-6-4-5-11(14)10(12)8-15/h4-6,16H,2-3,7,9H2,1H3. The zero-order valence-electron chi connectivity index (χ0n) is 10.2. The fraction of sp³-hybridized carbons (Fsp3) is 0.385. The predicted octanol–water partition coefficient (Wildman–Crippen LogP) is 2.45. The van der Waals surface area contributed by atoms with E-state index in [0.29, 0.717) is 12.3 Å². The number of carbonyl (C=O) groups excluding carboxylic acids is 1. The van der Waals surface area contributed by atoms with Gasteiger partial charge in [-0.1, -0.05) is 19.4 Å². The van der Waals surface area contributed by atoms with Crippen LogP contribution in [-0.4, -0.2) is 19.1 Å². The highest BCUT2D eigenvalue weighted by molar-refractivity contribution is 5.76. The summed E-state index contributed by atoms with van der Waals surface area (Å²) in [4.78, 5) is 11.3. The third kappa shape index (κ3) is 4.06. The molecule has 0 fully saturated rings. The number of halogens is 1. The van der Waals surface area contributed by atoms with Gasteiger partial charge in [0.2, 0.25) is 0 Å². The maximum absolute atomic E-state index is 13.2. The summed E-state index contributed by atoms with van der Waals surface area (Å²) in [5.41, 5.74) is 0.198. The van der Waals surface area contributed by atoms with Gasteiger partial charge in [-0.15, -0.1) is 0 Å². The molecular formula is C13H15FN2O2. The van der Waals surface area contributed by atoms with Crippen LogP contribution in [0.1, 0.15) is 25.3 Å². The van der Waals surface area contributed by atoms with Crippen molar-refractivity contribution < 1.29 is 13.9 Å². The fourth-order valence-electron chi connectivity index (χ4n) is 1.33. The van der Waals surface area contributed by atoms with Crippen LogP contribution in [0.2, 0.25) is 0 Å². The highest BCUT2D eigenvalue weighted by atomic mass is 19.1. The van der Waals surface area contributed by atoms with Crippen molar-refractivity contribution in [3.8, 4) is 6.07 Å². The first kappa shape index (κ1) is 14.0. The summed E-state index contributed by atoms with van der Waals surface area (Å²) in [6.45, 7) is 2.30. The number of nitrogens with one attached hydrogen (secondary N) is 1. The molecule has 0 aliphatic rings. The summed E-state index contributed by atoms with van der Waals surface area (Å²) in [7, 11) is 0. The third-order valence-electron chi connectivity index (χ3n) is 2.31. The van der Waals surface area contributed by atoms with E-state index in [1.165, 1.54) is 12.1 Å². The van der Waals surface area contributed by atoms with Crippen LogP contribution in [0.25, 0.3) is 0 Å². The van der Waals surface area contributed by atoms with E-state index in [2.05, 4.69) is 5.32 Å². The number of rotatable bonds is 6. The smallest absolute Gasteiger partial charge is 0.325 e. The summed E-state index contributed by atoms with van der Waals surface area (Å²) in [6.07, 6.45) is 1.76. The summed E-state index contributed by atoms with van der Waals surface area (Å²) in [5.74, 6) is -1.03. The fourth-order valence-corrected chi connectivity index (χ4v) is 1.33. The van der Waals surface area contributed by atoms with Gasteiger partial charge >= 0.3 is 5.97 Å². The first-order valence-corrected chi connectivity index (χ1v) is 5.77. The molecule has 96 valence electrons. The van der Waals surface area contributed by atoms with Gasteiger partial charge in [0.25, 0.3) is 0 Å². The Morgan fingerprint density at radius 2 is 2.33 bits per heavy atom. The molecule has 0 spiro atoms. The van der Waals surface area contributed by atoms with Crippen LogP contribution in [-0.2, 0) is 9.53 Å². The molecule has 0 amide bonds. The summed E-state index contributed by atoms with van der Waals surface area (Å²) in [5, 5.41) is 11.5. The molecule has 0 aliphatic heterocycles. The number of nitrogens with zero attached hydrogens (tertiary/aromatic N) is 1. The number of anilines is 1. The van der Waals surface area contributed by atoms with Gasteiger partial charge in [0.1, 0.15) is 24.0 Å². The van der Waals surface area contributed by atoms with Crippen molar-refractivity contribution in [2.75, 3.05) is 18.5 Å². The molecule has 0 radical (unpaired) electrons. The van der Waals surface area contributed by atoms with Crippen molar-refractivity contribution in [3.05, 3.63) is 29.6 Å². The van der Waals surface area contributed by atoms with Crippen LogP contribution in [0.15, 0.2) is 18.2 Å². The normalized spacial score (nSPS) is 9.61. The maximum atomic E-state index is 13.2. The van der Waals surface area contributed by atoms with E-state index >= 15 is 0 Å². The Morgan fingerprint density at radius 3 is 3.00 bits per heavy atom. The average molecular weight is 250 g/mol. The highest BCUT2D eigenvalue weighted by Crippen LogP contribution is 2.17. The second-order valence-electron chi connectivity index (χ2n) is 3.70. The molecule has 0 aromatic heterocycles. The van der Waals surface area contributed by atoms with Gasteiger partial charge in [0, 0.05) is 0 Å². The predicted molar refractivity (Wildman–Crippen MR) is 65.5 cm³/mol. The topological polar surface area (TPSA) is 62.1 Å². The molecule has 0 bridgehead atoms. The molecule has 0 unspecified atom stereocenters. The van der Waals surface area contributed by atoms with Gasteiger partial charge in [0.05, 0.1) is 12.3 Å². The number of esters is 1. The van der Waals surface area contributed by atoms with Gasteiger partial charge in [0.15, 0.2) is 0 Å². The number of carbonyl (C=O) groups is 1. The zero-order valence-corrected chi connectivity index (χ0v) is 10.2. The second-order valence-corrected chi connectivity index (χ2v) is 3.70. The number of hydrogen-bond acceptors (Lipinski definition) is 4. The molecule has 5 heteroatoms. The molecule has 0 aliphatic carbocycles. The van der Waals surface area contributed by atoms with Gasteiger partial charge in [-0.2, -0.15) is 5.26 Å². The van der Waals surface area contributed by atoms with Crippen LogP contribution >= 0.6 is 0 Å². The molecule has 0 heterocycles. The molecule has 1 aromatic carbocycles. The Kier molecular flexibility index (Phi) is 5.65. The highest BCUT2D eigenvalue weighted by Gasteiger charge is 2.09. The SMILES string of the molecule is CCCCOC(=O)CNc1cccc(F)c1C#N. The van der Waals surface area contributed by atoms with Gasteiger partial charge in [-0.05, 0) is 18.6 Å². The molecule has 1 rings (SSSR count). The Balaban J connectivity index is 2.51. The second kappa shape index (κ2) is 7.28. The van der Waals surface area contributed by atoms with Gasteiger partial charge in [-0.3, -0.25) is 4.79 Å². The number of benzene rings is 1. The van der Waals surface area contributed by atoms with Crippen LogP contribution < -0.4 is 5.32 Å². The van der Waals surface area contributed by atoms with E-state index in [0.717, 1.165) is 12.8 Å². The van der Waals surface area contributed by atoms with Crippen molar-refractivity contribution in [3.63, 3.8) is 0 Å². The van der Waals surface area contributed by atoms with Crippen LogP contribution in [0.4, 0.5) is 10.1 Å². The summed E-state index contributed by atoms with van der Waals surface area (Å²) in [6, 6.07) is 5.96. The quantitative estimate of drug-likeness (QED) is 0.622. The van der Waals surface area contributed by atoms with Crippen molar-refractivity contribution in [1.82, 2.24) is 0 Å². The molecule has 4 nitrogen and oxygen atoms in total. The van der Waals surface area contributed by atoms with Crippen LogP contribution in [0, 0.1) is 17.1 Å². The first-order chi connectivity index (χ1) is 8.69. The molecule has 0 saturated carbocycles.